The van der Waals surface area contributed by atoms with E-state index < -0.39 is 6.04 Å². The fourth-order valence-electron chi connectivity index (χ4n) is 3.28. The Morgan fingerprint density at radius 3 is 2.67 bits per heavy atom. The zero-order valence-electron chi connectivity index (χ0n) is 12.1. The van der Waals surface area contributed by atoms with E-state index in [1.165, 1.54) is 0 Å². The van der Waals surface area contributed by atoms with Crippen LogP contribution in [0, 0.1) is 5.92 Å². The molecule has 2 heterocycles. The van der Waals surface area contributed by atoms with Crippen LogP contribution in [-0.4, -0.2) is 28.7 Å². The summed E-state index contributed by atoms with van der Waals surface area (Å²) in [5.41, 5.74) is 1.65. The molecule has 3 rings (SSSR count). The van der Waals surface area contributed by atoms with E-state index in [0.29, 0.717) is 12.0 Å². The number of nitrogens with one attached hydrogen (secondary N) is 1. The lowest BCUT2D eigenvalue weighted by Crippen LogP contribution is -2.56. The molecule has 2 aliphatic rings. The summed E-state index contributed by atoms with van der Waals surface area (Å²) in [6.45, 7) is 4.07. The highest BCUT2D eigenvalue weighted by atomic mass is 16.2. The highest BCUT2D eigenvalue weighted by molar-refractivity contribution is 6.04. The molecule has 0 aromatic heterocycles. The Labute approximate surface area is 123 Å². The van der Waals surface area contributed by atoms with Crippen molar-refractivity contribution < 1.29 is 14.4 Å². The maximum atomic E-state index is 12.7. The molecular weight excluding hydrogens is 268 g/mol. The van der Waals surface area contributed by atoms with Gasteiger partial charge in [0.25, 0.3) is 5.91 Å². The van der Waals surface area contributed by atoms with Crippen LogP contribution in [0.5, 0.6) is 0 Å². The van der Waals surface area contributed by atoms with Crippen LogP contribution in [0.2, 0.25) is 0 Å². The van der Waals surface area contributed by atoms with Gasteiger partial charge in [-0.05, 0) is 30.0 Å². The molecule has 1 aromatic rings. The third kappa shape index (κ3) is 2.22. The van der Waals surface area contributed by atoms with Gasteiger partial charge in [0.1, 0.15) is 6.04 Å². The first kappa shape index (κ1) is 13.8. The predicted octanol–water partition coefficient (Wildman–Crippen LogP) is 1.64. The lowest BCUT2D eigenvalue weighted by Gasteiger charge is -2.43. The van der Waals surface area contributed by atoms with Gasteiger partial charge in [0.15, 0.2) is 0 Å². The van der Waals surface area contributed by atoms with Crippen molar-refractivity contribution in [3.05, 3.63) is 35.4 Å². The lowest BCUT2D eigenvalue weighted by atomic mass is 9.86. The van der Waals surface area contributed by atoms with Crippen LogP contribution in [0.25, 0.3) is 0 Å². The third-order valence-electron chi connectivity index (χ3n) is 4.19. The highest BCUT2D eigenvalue weighted by Gasteiger charge is 2.42. The number of nitrogens with zero attached hydrogens (tertiary/aromatic N) is 1. The fourth-order valence-corrected chi connectivity index (χ4v) is 3.28. The molecule has 2 atom stereocenters. The molecule has 2 aliphatic heterocycles. The summed E-state index contributed by atoms with van der Waals surface area (Å²) in [5.74, 6) is -0.568. The molecule has 2 bridgehead atoms. The summed E-state index contributed by atoms with van der Waals surface area (Å²) in [4.78, 5) is 37.8. The first-order valence-corrected chi connectivity index (χ1v) is 7.25. The zero-order chi connectivity index (χ0) is 15.1. The summed E-state index contributed by atoms with van der Waals surface area (Å²) in [5, 5.41) is 2.34. The number of amides is 3. The second-order valence-corrected chi connectivity index (χ2v) is 5.99. The van der Waals surface area contributed by atoms with Crippen LogP contribution in [0.4, 0.5) is 0 Å². The van der Waals surface area contributed by atoms with E-state index in [9.17, 15) is 14.4 Å². The van der Waals surface area contributed by atoms with Crippen molar-refractivity contribution in [2.75, 3.05) is 0 Å². The van der Waals surface area contributed by atoms with Gasteiger partial charge >= 0.3 is 0 Å². The standard InChI is InChI=1S/C16H18N2O3/c1-9(2)14-10-4-3-5-11(8-10)16(21)18(14)12-6-7-13(19)17-15(12)20/h3-5,8-9,12,14H,6-7H2,1-2H3,(H,17,19,20). The van der Waals surface area contributed by atoms with E-state index in [2.05, 4.69) is 5.32 Å². The van der Waals surface area contributed by atoms with Crippen LogP contribution >= 0.6 is 0 Å². The van der Waals surface area contributed by atoms with Crippen molar-refractivity contribution >= 4 is 17.7 Å². The average molecular weight is 286 g/mol. The first-order valence-electron chi connectivity index (χ1n) is 7.25. The Hall–Kier alpha value is -2.17. The molecule has 5 heteroatoms. The van der Waals surface area contributed by atoms with Gasteiger partial charge < -0.3 is 4.90 Å². The van der Waals surface area contributed by atoms with E-state index >= 15 is 0 Å². The van der Waals surface area contributed by atoms with Crippen molar-refractivity contribution in [1.82, 2.24) is 10.2 Å². The second kappa shape index (κ2) is 4.98. The van der Waals surface area contributed by atoms with E-state index in [1.54, 1.807) is 11.0 Å². The molecule has 110 valence electrons. The first-order chi connectivity index (χ1) is 9.99. The number of hydrogen-bond donors (Lipinski definition) is 1. The van der Waals surface area contributed by atoms with Crippen LogP contribution in [0.3, 0.4) is 0 Å². The third-order valence-corrected chi connectivity index (χ3v) is 4.19. The normalized spacial score (nSPS) is 25.3. The molecule has 5 nitrogen and oxygen atoms in total. The van der Waals surface area contributed by atoms with Gasteiger partial charge in [0, 0.05) is 12.0 Å². The van der Waals surface area contributed by atoms with Crippen molar-refractivity contribution in [1.29, 1.82) is 0 Å². The van der Waals surface area contributed by atoms with E-state index in [1.807, 2.05) is 32.0 Å². The Balaban J connectivity index is 2.01. The Bertz CT molecular complexity index is 624. The van der Waals surface area contributed by atoms with E-state index in [0.717, 1.165) is 5.56 Å². The van der Waals surface area contributed by atoms with Gasteiger partial charge in [-0.25, -0.2) is 0 Å². The van der Waals surface area contributed by atoms with Gasteiger partial charge in [-0.15, -0.1) is 0 Å². The Morgan fingerprint density at radius 1 is 1.24 bits per heavy atom. The Kier molecular flexibility index (Phi) is 3.27. The molecule has 0 aliphatic carbocycles. The van der Waals surface area contributed by atoms with Crippen molar-refractivity contribution in [2.24, 2.45) is 5.92 Å². The minimum absolute atomic E-state index is 0.128. The number of piperidine rings is 1. The number of carbonyl (C=O) groups excluding carboxylic acids is 3. The van der Waals surface area contributed by atoms with E-state index in [4.69, 9.17) is 0 Å². The molecule has 1 fully saturated rings. The molecule has 3 amide bonds. The molecule has 1 N–H and O–H groups in total. The molecule has 21 heavy (non-hydrogen) atoms. The Morgan fingerprint density at radius 2 is 2.00 bits per heavy atom. The minimum Gasteiger partial charge on any atom is -0.319 e. The van der Waals surface area contributed by atoms with Crippen LogP contribution in [0.1, 0.15) is 48.7 Å². The summed E-state index contributed by atoms with van der Waals surface area (Å²) < 4.78 is 0. The van der Waals surface area contributed by atoms with Crippen molar-refractivity contribution in [3.63, 3.8) is 0 Å². The maximum absolute atomic E-state index is 12.7. The molecule has 1 aromatic carbocycles. The molecule has 2 unspecified atom stereocenters. The van der Waals surface area contributed by atoms with Gasteiger partial charge in [-0.2, -0.15) is 0 Å². The maximum Gasteiger partial charge on any atom is 0.255 e. The second-order valence-electron chi connectivity index (χ2n) is 5.99. The van der Waals surface area contributed by atoms with Gasteiger partial charge in [-0.3, -0.25) is 19.7 Å². The SMILES string of the molecule is CC(C)C1c2cccc(c2)C(=O)N1C1CCC(=O)NC1=O. The van der Waals surface area contributed by atoms with Crippen LogP contribution < -0.4 is 5.32 Å². The largest absolute Gasteiger partial charge is 0.319 e. The van der Waals surface area contributed by atoms with Gasteiger partial charge in [0.05, 0.1) is 6.04 Å². The molecule has 1 saturated heterocycles. The molecule has 0 radical (unpaired) electrons. The lowest BCUT2D eigenvalue weighted by molar-refractivity contribution is -0.137. The number of fused-ring (bicyclic) bond motifs is 2. The monoisotopic (exact) mass is 286 g/mol. The van der Waals surface area contributed by atoms with Crippen molar-refractivity contribution in [2.45, 2.75) is 38.8 Å². The van der Waals surface area contributed by atoms with E-state index in [-0.39, 0.29) is 36.1 Å². The number of imide groups is 1. The number of benzene rings is 1. The number of rotatable bonds is 2. The topological polar surface area (TPSA) is 66.5 Å². The fraction of sp³-hybridized carbons (Fsp3) is 0.438. The number of carbonyl (C=O) groups is 3. The van der Waals surface area contributed by atoms with Gasteiger partial charge in [0.2, 0.25) is 11.8 Å². The minimum atomic E-state index is -0.568. The average Bonchev–Trinajstić information content (AvgIpc) is 2.43. The zero-order valence-corrected chi connectivity index (χ0v) is 12.1. The summed E-state index contributed by atoms with van der Waals surface area (Å²) >= 11 is 0. The summed E-state index contributed by atoms with van der Waals surface area (Å²) in [7, 11) is 0. The molecular formula is C16H18N2O3. The van der Waals surface area contributed by atoms with Crippen LogP contribution in [0.15, 0.2) is 24.3 Å². The quantitative estimate of drug-likeness (QED) is 0.841. The summed E-state index contributed by atoms with van der Waals surface area (Å²) in [6, 6.07) is 6.83. The van der Waals surface area contributed by atoms with Gasteiger partial charge in [-0.1, -0.05) is 26.0 Å². The summed E-state index contributed by atoms with van der Waals surface area (Å²) in [6.07, 6.45) is 0.669. The molecule has 0 spiro atoms. The van der Waals surface area contributed by atoms with Crippen molar-refractivity contribution in [3.8, 4) is 0 Å². The smallest absolute Gasteiger partial charge is 0.255 e. The molecule has 0 saturated carbocycles. The highest BCUT2D eigenvalue weighted by Crippen LogP contribution is 2.37. The number of hydrogen-bond acceptors (Lipinski definition) is 3. The van der Waals surface area contributed by atoms with Crippen LogP contribution in [-0.2, 0) is 9.59 Å². The predicted molar refractivity (Wildman–Crippen MR) is 76.4 cm³/mol.